The lowest BCUT2D eigenvalue weighted by atomic mass is 9.99. The molecule has 1 heterocycles. The molecule has 0 fully saturated rings. The minimum atomic E-state index is 0.0531. The standard InChI is InChI=1S/C16H14BrNS/c17-12-7-5-11(6-8-12)9-15(18)14-10-19-16-4-2-1-3-13(14)16/h1-8,10,15H,9,18H2. The Balaban J connectivity index is 1.87. The van der Waals surface area contributed by atoms with Gasteiger partial charge < -0.3 is 5.73 Å². The van der Waals surface area contributed by atoms with Crippen LogP contribution in [0.3, 0.4) is 0 Å². The average Bonchev–Trinajstić information content (AvgIpc) is 2.85. The van der Waals surface area contributed by atoms with Gasteiger partial charge in [0, 0.05) is 15.2 Å². The normalized spacial score (nSPS) is 12.7. The molecule has 0 saturated carbocycles. The molecule has 96 valence electrons. The molecule has 0 aliphatic heterocycles. The number of benzene rings is 2. The first kappa shape index (κ1) is 12.9. The lowest BCUT2D eigenvalue weighted by Gasteiger charge is -2.11. The molecule has 0 saturated heterocycles. The van der Waals surface area contributed by atoms with Crippen molar-refractivity contribution >= 4 is 37.4 Å². The fourth-order valence-corrected chi connectivity index (χ4v) is 3.56. The van der Waals surface area contributed by atoms with Gasteiger partial charge in [-0.2, -0.15) is 0 Å². The van der Waals surface area contributed by atoms with E-state index in [1.165, 1.54) is 21.2 Å². The third-order valence-electron chi connectivity index (χ3n) is 3.28. The number of halogens is 1. The van der Waals surface area contributed by atoms with Crippen molar-refractivity contribution in [1.29, 1.82) is 0 Å². The lowest BCUT2D eigenvalue weighted by Crippen LogP contribution is -2.12. The quantitative estimate of drug-likeness (QED) is 0.725. The fourth-order valence-electron chi connectivity index (χ4n) is 2.27. The Bertz CT molecular complexity index is 687. The smallest absolute Gasteiger partial charge is 0.0350 e. The molecule has 0 aliphatic carbocycles. The first-order valence-corrected chi connectivity index (χ1v) is 7.87. The zero-order valence-corrected chi connectivity index (χ0v) is 12.7. The topological polar surface area (TPSA) is 26.0 Å². The second-order valence-electron chi connectivity index (χ2n) is 4.62. The zero-order chi connectivity index (χ0) is 13.2. The maximum Gasteiger partial charge on any atom is 0.0350 e. The van der Waals surface area contributed by atoms with Crippen molar-refractivity contribution in [2.24, 2.45) is 5.73 Å². The molecule has 0 spiro atoms. The molecule has 0 bridgehead atoms. The van der Waals surface area contributed by atoms with Crippen molar-refractivity contribution in [3.8, 4) is 0 Å². The van der Waals surface area contributed by atoms with Crippen LogP contribution in [0.15, 0.2) is 58.4 Å². The predicted octanol–water partition coefficient (Wildman–Crippen LogP) is 4.91. The molecule has 2 N–H and O–H groups in total. The fraction of sp³-hybridized carbons (Fsp3) is 0.125. The Kier molecular flexibility index (Phi) is 3.69. The number of rotatable bonds is 3. The molecular weight excluding hydrogens is 318 g/mol. The van der Waals surface area contributed by atoms with Gasteiger partial charge in [-0.25, -0.2) is 0 Å². The van der Waals surface area contributed by atoms with Crippen LogP contribution in [0.25, 0.3) is 10.1 Å². The highest BCUT2D eigenvalue weighted by atomic mass is 79.9. The van der Waals surface area contributed by atoms with Crippen LogP contribution in [0.5, 0.6) is 0 Å². The number of fused-ring (bicyclic) bond motifs is 1. The summed E-state index contributed by atoms with van der Waals surface area (Å²) in [7, 11) is 0. The summed E-state index contributed by atoms with van der Waals surface area (Å²) in [6, 6.07) is 16.9. The molecular formula is C16H14BrNS. The van der Waals surface area contributed by atoms with Crippen molar-refractivity contribution in [2.45, 2.75) is 12.5 Å². The number of hydrogen-bond donors (Lipinski definition) is 1. The van der Waals surface area contributed by atoms with E-state index in [-0.39, 0.29) is 6.04 Å². The van der Waals surface area contributed by atoms with Gasteiger partial charge in [0.1, 0.15) is 0 Å². The van der Waals surface area contributed by atoms with E-state index in [0.717, 1.165) is 10.9 Å². The zero-order valence-electron chi connectivity index (χ0n) is 10.3. The Labute approximate surface area is 125 Å². The van der Waals surface area contributed by atoms with Crippen LogP contribution >= 0.6 is 27.3 Å². The van der Waals surface area contributed by atoms with Crippen LogP contribution in [0.2, 0.25) is 0 Å². The molecule has 3 heteroatoms. The summed E-state index contributed by atoms with van der Waals surface area (Å²) in [5.74, 6) is 0. The van der Waals surface area contributed by atoms with Gasteiger partial charge >= 0.3 is 0 Å². The van der Waals surface area contributed by atoms with Crippen LogP contribution in [0, 0.1) is 0 Å². The minimum Gasteiger partial charge on any atom is -0.324 e. The predicted molar refractivity (Wildman–Crippen MR) is 86.6 cm³/mol. The molecule has 1 nitrogen and oxygen atoms in total. The molecule has 0 amide bonds. The van der Waals surface area contributed by atoms with Crippen molar-refractivity contribution in [3.63, 3.8) is 0 Å². The molecule has 1 aromatic heterocycles. The second-order valence-corrected chi connectivity index (χ2v) is 6.45. The molecule has 1 unspecified atom stereocenters. The van der Waals surface area contributed by atoms with E-state index in [1.54, 1.807) is 11.3 Å². The summed E-state index contributed by atoms with van der Waals surface area (Å²) in [5, 5.41) is 3.48. The molecule has 19 heavy (non-hydrogen) atoms. The Hall–Kier alpha value is -1.16. The van der Waals surface area contributed by atoms with Crippen molar-refractivity contribution < 1.29 is 0 Å². The van der Waals surface area contributed by atoms with Crippen molar-refractivity contribution in [3.05, 3.63) is 69.5 Å². The highest BCUT2D eigenvalue weighted by molar-refractivity contribution is 9.10. The molecule has 3 aromatic rings. The van der Waals surface area contributed by atoms with Crippen LogP contribution in [0.4, 0.5) is 0 Å². The van der Waals surface area contributed by atoms with Crippen molar-refractivity contribution in [2.75, 3.05) is 0 Å². The molecule has 3 rings (SSSR count). The van der Waals surface area contributed by atoms with Gasteiger partial charge in [-0.1, -0.05) is 46.3 Å². The van der Waals surface area contributed by atoms with E-state index in [1.807, 2.05) is 0 Å². The maximum atomic E-state index is 6.37. The maximum absolute atomic E-state index is 6.37. The Morgan fingerprint density at radius 3 is 2.58 bits per heavy atom. The number of hydrogen-bond acceptors (Lipinski definition) is 2. The summed E-state index contributed by atoms with van der Waals surface area (Å²) >= 11 is 5.22. The van der Waals surface area contributed by atoms with Crippen LogP contribution < -0.4 is 5.73 Å². The first-order valence-electron chi connectivity index (χ1n) is 6.20. The highest BCUT2D eigenvalue weighted by Crippen LogP contribution is 2.30. The lowest BCUT2D eigenvalue weighted by molar-refractivity contribution is 0.730. The summed E-state index contributed by atoms with van der Waals surface area (Å²) in [6.45, 7) is 0. The largest absolute Gasteiger partial charge is 0.324 e. The third-order valence-corrected chi connectivity index (χ3v) is 4.79. The SMILES string of the molecule is NC(Cc1ccc(Br)cc1)c1csc2ccccc12. The highest BCUT2D eigenvalue weighted by Gasteiger charge is 2.12. The molecule has 2 aromatic carbocycles. The summed E-state index contributed by atoms with van der Waals surface area (Å²) in [4.78, 5) is 0. The average molecular weight is 332 g/mol. The van der Waals surface area contributed by atoms with E-state index >= 15 is 0 Å². The number of nitrogens with two attached hydrogens (primary N) is 1. The minimum absolute atomic E-state index is 0.0531. The van der Waals surface area contributed by atoms with Gasteiger partial charge in [-0.15, -0.1) is 11.3 Å². The van der Waals surface area contributed by atoms with Gasteiger partial charge in [0.15, 0.2) is 0 Å². The Morgan fingerprint density at radius 2 is 1.79 bits per heavy atom. The first-order chi connectivity index (χ1) is 9.24. The van der Waals surface area contributed by atoms with E-state index in [0.29, 0.717) is 0 Å². The van der Waals surface area contributed by atoms with E-state index in [4.69, 9.17) is 5.73 Å². The van der Waals surface area contributed by atoms with Crippen LogP contribution in [-0.4, -0.2) is 0 Å². The summed E-state index contributed by atoms with van der Waals surface area (Å²) < 4.78 is 2.41. The monoisotopic (exact) mass is 331 g/mol. The second kappa shape index (κ2) is 5.45. The van der Waals surface area contributed by atoms with Gasteiger partial charge in [0.05, 0.1) is 0 Å². The van der Waals surface area contributed by atoms with Crippen molar-refractivity contribution in [1.82, 2.24) is 0 Å². The molecule has 1 atom stereocenters. The van der Waals surface area contributed by atoms with Gasteiger partial charge in [0.2, 0.25) is 0 Å². The Morgan fingerprint density at radius 1 is 1.05 bits per heavy atom. The summed E-state index contributed by atoms with van der Waals surface area (Å²) in [6.07, 6.45) is 0.869. The van der Waals surface area contributed by atoms with Crippen LogP contribution in [0.1, 0.15) is 17.2 Å². The van der Waals surface area contributed by atoms with Gasteiger partial charge in [-0.3, -0.25) is 0 Å². The third kappa shape index (κ3) is 2.73. The van der Waals surface area contributed by atoms with E-state index in [2.05, 4.69) is 69.8 Å². The van der Waals surface area contributed by atoms with E-state index in [9.17, 15) is 0 Å². The van der Waals surface area contributed by atoms with E-state index < -0.39 is 0 Å². The molecule has 0 radical (unpaired) electrons. The number of thiophene rings is 1. The van der Waals surface area contributed by atoms with Gasteiger partial charge in [-0.05, 0) is 46.5 Å². The van der Waals surface area contributed by atoms with Gasteiger partial charge in [0.25, 0.3) is 0 Å². The summed E-state index contributed by atoms with van der Waals surface area (Å²) in [5.41, 5.74) is 8.89. The van der Waals surface area contributed by atoms with Crippen LogP contribution in [-0.2, 0) is 6.42 Å². The molecule has 0 aliphatic rings.